The number of benzene rings is 1. The van der Waals surface area contributed by atoms with Crippen molar-refractivity contribution in [1.82, 2.24) is 25.1 Å². The van der Waals surface area contributed by atoms with E-state index in [-0.39, 0.29) is 6.04 Å². The summed E-state index contributed by atoms with van der Waals surface area (Å²) >= 11 is 3.51. The summed E-state index contributed by atoms with van der Waals surface area (Å²) in [6.07, 6.45) is 3.53. The predicted molar refractivity (Wildman–Crippen MR) is 88.5 cm³/mol. The Morgan fingerprint density at radius 2 is 2.09 bits per heavy atom. The molecule has 0 unspecified atom stereocenters. The summed E-state index contributed by atoms with van der Waals surface area (Å²) in [5.74, 6) is 0.909. The lowest BCUT2D eigenvalue weighted by Gasteiger charge is -2.21. The van der Waals surface area contributed by atoms with Crippen LogP contribution in [0, 0.1) is 0 Å². The molecule has 6 heteroatoms. The van der Waals surface area contributed by atoms with Crippen LogP contribution < -0.4 is 5.32 Å². The minimum Gasteiger partial charge on any atom is -0.307 e. The Morgan fingerprint density at radius 1 is 1.14 bits per heavy atom. The van der Waals surface area contributed by atoms with Gasteiger partial charge in [0.15, 0.2) is 11.5 Å². The van der Waals surface area contributed by atoms with E-state index in [1.54, 1.807) is 0 Å². The van der Waals surface area contributed by atoms with Crippen molar-refractivity contribution in [3.05, 3.63) is 46.7 Å². The van der Waals surface area contributed by atoms with E-state index < -0.39 is 0 Å². The molecular weight excluding hydrogens is 342 g/mol. The molecule has 1 saturated heterocycles. The van der Waals surface area contributed by atoms with Crippen LogP contribution in [0.25, 0.3) is 16.9 Å². The number of piperidine rings is 1. The molecule has 0 saturated carbocycles. The monoisotopic (exact) mass is 357 g/mol. The van der Waals surface area contributed by atoms with Crippen LogP contribution in [0.2, 0.25) is 0 Å². The smallest absolute Gasteiger partial charge is 0.178 e. The fourth-order valence-corrected chi connectivity index (χ4v) is 3.30. The Hall–Kier alpha value is -1.79. The molecule has 0 spiro atoms. The van der Waals surface area contributed by atoms with Gasteiger partial charge in [-0.1, -0.05) is 34.5 Å². The number of fused-ring (bicyclic) bond motifs is 1. The topological polar surface area (TPSA) is 55.1 Å². The first kappa shape index (κ1) is 13.8. The second-order valence-electron chi connectivity index (χ2n) is 5.56. The molecule has 3 heterocycles. The van der Waals surface area contributed by atoms with E-state index in [2.05, 4.69) is 43.6 Å². The number of nitrogens with zero attached hydrogens (tertiary/aromatic N) is 4. The lowest BCUT2D eigenvalue weighted by atomic mass is 10.0. The number of hydrogen-bond donors (Lipinski definition) is 1. The normalized spacial score (nSPS) is 18.7. The lowest BCUT2D eigenvalue weighted by molar-refractivity contribution is 0.392. The second-order valence-corrected chi connectivity index (χ2v) is 6.48. The Bertz CT molecular complexity index is 807. The summed E-state index contributed by atoms with van der Waals surface area (Å²) in [7, 11) is 0. The highest BCUT2D eigenvalue weighted by Gasteiger charge is 2.21. The summed E-state index contributed by atoms with van der Waals surface area (Å²) in [6, 6.07) is 12.4. The van der Waals surface area contributed by atoms with Crippen molar-refractivity contribution < 1.29 is 0 Å². The number of nitrogens with one attached hydrogen (secondary N) is 1. The molecule has 1 atom stereocenters. The van der Waals surface area contributed by atoms with Gasteiger partial charge in [-0.2, -0.15) is 9.61 Å². The van der Waals surface area contributed by atoms with Crippen LogP contribution >= 0.6 is 15.9 Å². The Balaban J connectivity index is 1.79. The zero-order valence-corrected chi connectivity index (χ0v) is 13.6. The van der Waals surface area contributed by atoms with Crippen LogP contribution in [0.3, 0.4) is 0 Å². The van der Waals surface area contributed by atoms with Gasteiger partial charge in [0.25, 0.3) is 0 Å². The first-order valence-corrected chi connectivity index (χ1v) is 8.32. The fraction of sp³-hybridized carbons (Fsp3) is 0.312. The maximum Gasteiger partial charge on any atom is 0.178 e. The summed E-state index contributed by atoms with van der Waals surface area (Å²) in [6.45, 7) is 1.03. The van der Waals surface area contributed by atoms with Crippen LogP contribution in [0.5, 0.6) is 0 Å². The molecular formula is C16H16BrN5. The molecule has 5 nitrogen and oxygen atoms in total. The van der Waals surface area contributed by atoms with Gasteiger partial charge < -0.3 is 5.32 Å². The Morgan fingerprint density at radius 3 is 2.91 bits per heavy atom. The zero-order chi connectivity index (χ0) is 14.9. The molecule has 1 aromatic carbocycles. The van der Waals surface area contributed by atoms with Crippen molar-refractivity contribution >= 4 is 21.6 Å². The second kappa shape index (κ2) is 5.78. The molecule has 0 bridgehead atoms. The summed E-state index contributed by atoms with van der Waals surface area (Å²) in [5.41, 5.74) is 2.79. The highest BCUT2D eigenvalue weighted by molar-refractivity contribution is 9.10. The average molecular weight is 358 g/mol. The SMILES string of the molecule is Brc1cccc(-c2ccc3nnc([C@@H]4CCCCN4)n3n2)c1. The predicted octanol–water partition coefficient (Wildman–Crippen LogP) is 3.37. The van der Waals surface area contributed by atoms with Gasteiger partial charge in [-0.15, -0.1) is 10.2 Å². The molecule has 1 aliphatic heterocycles. The van der Waals surface area contributed by atoms with Gasteiger partial charge in [-0.05, 0) is 43.7 Å². The largest absolute Gasteiger partial charge is 0.307 e. The van der Waals surface area contributed by atoms with Crippen molar-refractivity contribution in [3.8, 4) is 11.3 Å². The third-order valence-electron chi connectivity index (χ3n) is 4.03. The van der Waals surface area contributed by atoms with Crippen LogP contribution in [-0.2, 0) is 0 Å². The van der Waals surface area contributed by atoms with Crippen LogP contribution in [-0.4, -0.2) is 26.4 Å². The highest BCUT2D eigenvalue weighted by atomic mass is 79.9. The van der Waals surface area contributed by atoms with Crippen molar-refractivity contribution in [2.24, 2.45) is 0 Å². The minimum absolute atomic E-state index is 0.244. The maximum atomic E-state index is 4.75. The molecule has 0 radical (unpaired) electrons. The Kier molecular flexibility index (Phi) is 3.63. The van der Waals surface area contributed by atoms with E-state index in [1.165, 1.54) is 12.8 Å². The molecule has 1 fully saturated rings. The van der Waals surface area contributed by atoms with E-state index in [0.717, 1.165) is 40.2 Å². The van der Waals surface area contributed by atoms with E-state index in [1.807, 2.05) is 28.8 Å². The standard InChI is InChI=1S/C16H16BrN5/c17-12-5-3-4-11(10-12)13-7-8-15-19-20-16(22(15)21-13)14-6-1-2-9-18-14/h3-5,7-8,10,14,18H,1-2,6,9H2/t14-/m0/s1. The number of halogens is 1. The van der Waals surface area contributed by atoms with Crippen molar-refractivity contribution in [3.63, 3.8) is 0 Å². The summed E-state index contributed by atoms with van der Waals surface area (Å²) in [5, 5.41) is 16.9. The van der Waals surface area contributed by atoms with Crippen LogP contribution in [0.1, 0.15) is 31.1 Å². The molecule has 1 N–H and O–H groups in total. The molecule has 4 rings (SSSR count). The fourth-order valence-electron chi connectivity index (χ4n) is 2.90. The molecule has 0 aliphatic carbocycles. The first-order valence-electron chi connectivity index (χ1n) is 7.53. The van der Waals surface area contributed by atoms with E-state index in [9.17, 15) is 0 Å². The van der Waals surface area contributed by atoms with Crippen molar-refractivity contribution in [1.29, 1.82) is 0 Å². The summed E-state index contributed by atoms with van der Waals surface area (Å²) in [4.78, 5) is 0. The number of rotatable bonds is 2. The van der Waals surface area contributed by atoms with Crippen molar-refractivity contribution in [2.75, 3.05) is 6.54 Å². The molecule has 2 aromatic heterocycles. The molecule has 3 aromatic rings. The van der Waals surface area contributed by atoms with E-state index in [4.69, 9.17) is 5.10 Å². The number of aromatic nitrogens is 4. The highest BCUT2D eigenvalue weighted by Crippen LogP contribution is 2.24. The van der Waals surface area contributed by atoms with Gasteiger partial charge in [0, 0.05) is 10.0 Å². The molecule has 1 aliphatic rings. The van der Waals surface area contributed by atoms with Crippen LogP contribution in [0.15, 0.2) is 40.9 Å². The minimum atomic E-state index is 0.244. The van der Waals surface area contributed by atoms with E-state index in [0.29, 0.717) is 0 Å². The van der Waals surface area contributed by atoms with Gasteiger partial charge in [0.1, 0.15) is 0 Å². The zero-order valence-electron chi connectivity index (χ0n) is 12.0. The van der Waals surface area contributed by atoms with Gasteiger partial charge in [0.05, 0.1) is 11.7 Å². The first-order chi connectivity index (χ1) is 10.8. The average Bonchev–Trinajstić information content (AvgIpc) is 2.99. The maximum absolute atomic E-state index is 4.75. The van der Waals surface area contributed by atoms with Crippen molar-refractivity contribution in [2.45, 2.75) is 25.3 Å². The molecule has 0 amide bonds. The molecule has 112 valence electrons. The van der Waals surface area contributed by atoms with Gasteiger partial charge in [0.2, 0.25) is 0 Å². The lowest BCUT2D eigenvalue weighted by Crippen LogP contribution is -2.28. The van der Waals surface area contributed by atoms with Crippen LogP contribution in [0.4, 0.5) is 0 Å². The number of hydrogen-bond acceptors (Lipinski definition) is 4. The third-order valence-corrected chi connectivity index (χ3v) is 4.52. The third kappa shape index (κ3) is 2.53. The van der Waals surface area contributed by atoms with E-state index >= 15 is 0 Å². The summed E-state index contributed by atoms with van der Waals surface area (Å²) < 4.78 is 2.92. The van der Waals surface area contributed by atoms with Gasteiger partial charge in [-0.3, -0.25) is 0 Å². The van der Waals surface area contributed by atoms with Gasteiger partial charge >= 0.3 is 0 Å². The molecule has 22 heavy (non-hydrogen) atoms. The quantitative estimate of drug-likeness (QED) is 0.763. The Labute approximate surface area is 136 Å². The van der Waals surface area contributed by atoms with Gasteiger partial charge in [-0.25, -0.2) is 0 Å².